The van der Waals surface area contributed by atoms with Crippen molar-refractivity contribution in [3.05, 3.63) is 0 Å². The van der Waals surface area contributed by atoms with Gasteiger partial charge in [-0.3, -0.25) is 9.59 Å². The van der Waals surface area contributed by atoms with Crippen LogP contribution < -0.4 is 10.6 Å². The van der Waals surface area contributed by atoms with Gasteiger partial charge < -0.3 is 10.6 Å². The van der Waals surface area contributed by atoms with Crippen molar-refractivity contribution < 1.29 is 9.59 Å². The Kier molecular flexibility index (Phi) is 8.33. The summed E-state index contributed by atoms with van der Waals surface area (Å²) in [6, 6.07) is 0. The van der Waals surface area contributed by atoms with Crippen molar-refractivity contribution in [2.75, 3.05) is 19.0 Å². The minimum atomic E-state index is -0.0820. The predicted octanol–water partition coefficient (Wildman–Crippen LogP) is 0.648. The molecule has 0 bridgehead atoms. The van der Waals surface area contributed by atoms with Crippen LogP contribution in [0.5, 0.6) is 0 Å². The van der Waals surface area contributed by atoms with Crippen LogP contribution in [-0.2, 0) is 9.59 Å². The van der Waals surface area contributed by atoms with Gasteiger partial charge in [0.25, 0.3) is 0 Å². The Morgan fingerprint density at radius 2 is 1.79 bits per heavy atom. The van der Waals surface area contributed by atoms with E-state index < -0.39 is 0 Å². The third-order valence-electron chi connectivity index (χ3n) is 1.61. The van der Waals surface area contributed by atoms with Crippen LogP contribution in [0, 0.1) is 0 Å². The number of amides is 2. The van der Waals surface area contributed by atoms with Gasteiger partial charge in [-0.25, -0.2) is 0 Å². The molecule has 2 amide bonds. The molecule has 0 saturated heterocycles. The maximum Gasteiger partial charge on any atom is 0.220 e. The van der Waals surface area contributed by atoms with Gasteiger partial charge in [-0.15, -0.1) is 11.6 Å². The molecule has 0 aromatic carbocycles. The fraction of sp³-hybridized carbons (Fsp3) is 0.778. The molecule has 14 heavy (non-hydrogen) atoms. The molecule has 5 heteroatoms. The second-order valence-electron chi connectivity index (χ2n) is 2.98. The highest BCUT2D eigenvalue weighted by Gasteiger charge is 1.99. The van der Waals surface area contributed by atoms with Crippen LogP contribution >= 0.6 is 11.6 Å². The van der Waals surface area contributed by atoms with E-state index in [4.69, 9.17) is 11.6 Å². The van der Waals surface area contributed by atoms with Gasteiger partial charge in [-0.1, -0.05) is 0 Å². The molecule has 0 spiro atoms. The van der Waals surface area contributed by atoms with Crippen molar-refractivity contribution in [2.24, 2.45) is 0 Å². The molecule has 0 heterocycles. The molecule has 0 unspecified atom stereocenters. The zero-order valence-electron chi connectivity index (χ0n) is 8.44. The predicted molar refractivity (Wildman–Crippen MR) is 56.3 cm³/mol. The average Bonchev–Trinajstić information content (AvgIpc) is 2.13. The number of hydrogen-bond acceptors (Lipinski definition) is 2. The lowest BCUT2D eigenvalue weighted by atomic mass is 10.2. The molecule has 0 fully saturated rings. The molecule has 2 N–H and O–H groups in total. The van der Waals surface area contributed by atoms with Crippen molar-refractivity contribution in [1.82, 2.24) is 10.6 Å². The summed E-state index contributed by atoms with van der Waals surface area (Å²) in [5.41, 5.74) is 0. The highest BCUT2D eigenvalue weighted by Crippen LogP contribution is 1.96. The SMILES string of the molecule is CC(=O)NCCNC(=O)CCCCCl. The number of carbonyl (C=O) groups is 2. The molecule has 0 aliphatic heterocycles. The summed E-state index contributed by atoms with van der Waals surface area (Å²) in [5, 5.41) is 5.29. The number of carbonyl (C=O) groups excluding carboxylic acids is 2. The van der Waals surface area contributed by atoms with E-state index in [-0.39, 0.29) is 11.8 Å². The Morgan fingerprint density at radius 3 is 2.36 bits per heavy atom. The molecular weight excluding hydrogens is 204 g/mol. The zero-order chi connectivity index (χ0) is 10.8. The Bertz CT molecular complexity index is 186. The number of rotatable bonds is 7. The highest BCUT2D eigenvalue weighted by atomic mass is 35.5. The molecule has 0 aliphatic rings. The average molecular weight is 221 g/mol. The van der Waals surface area contributed by atoms with E-state index in [9.17, 15) is 9.59 Å². The van der Waals surface area contributed by atoms with Crippen molar-refractivity contribution >= 4 is 23.4 Å². The summed E-state index contributed by atoms with van der Waals surface area (Å²) in [7, 11) is 0. The van der Waals surface area contributed by atoms with Crippen molar-refractivity contribution in [2.45, 2.75) is 26.2 Å². The van der Waals surface area contributed by atoms with Crippen LogP contribution in [0.3, 0.4) is 0 Å². The molecule has 0 aromatic rings. The van der Waals surface area contributed by atoms with E-state index in [2.05, 4.69) is 10.6 Å². The first-order valence-electron chi connectivity index (χ1n) is 4.74. The van der Waals surface area contributed by atoms with Crippen LogP contribution in [0.4, 0.5) is 0 Å². The van der Waals surface area contributed by atoms with Gasteiger partial charge in [0.1, 0.15) is 0 Å². The molecule has 4 nitrogen and oxygen atoms in total. The van der Waals surface area contributed by atoms with E-state index in [1.807, 2.05) is 0 Å². The first-order valence-corrected chi connectivity index (χ1v) is 5.27. The largest absolute Gasteiger partial charge is 0.355 e. The van der Waals surface area contributed by atoms with Crippen LogP contribution in [0.25, 0.3) is 0 Å². The van der Waals surface area contributed by atoms with Gasteiger partial charge in [0.2, 0.25) is 11.8 Å². The van der Waals surface area contributed by atoms with E-state index in [1.54, 1.807) is 0 Å². The molecular formula is C9H17ClN2O2. The zero-order valence-corrected chi connectivity index (χ0v) is 9.19. The lowest BCUT2D eigenvalue weighted by Crippen LogP contribution is -2.33. The van der Waals surface area contributed by atoms with Crippen molar-refractivity contribution in [3.8, 4) is 0 Å². The number of hydrogen-bond donors (Lipinski definition) is 2. The minimum absolute atomic E-state index is 0.0143. The lowest BCUT2D eigenvalue weighted by Gasteiger charge is -2.04. The molecule has 0 rings (SSSR count). The Hall–Kier alpha value is -0.770. The fourth-order valence-corrected chi connectivity index (χ4v) is 1.10. The van der Waals surface area contributed by atoms with Gasteiger partial charge in [-0.05, 0) is 12.8 Å². The summed E-state index contributed by atoms with van der Waals surface area (Å²) < 4.78 is 0. The van der Waals surface area contributed by atoms with E-state index >= 15 is 0 Å². The Balaban J connectivity index is 3.22. The van der Waals surface area contributed by atoms with Gasteiger partial charge in [0.15, 0.2) is 0 Å². The van der Waals surface area contributed by atoms with E-state index in [0.29, 0.717) is 25.4 Å². The lowest BCUT2D eigenvalue weighted by molar-refractivity contribution is -0.122. The van der Waals surface area contributed by atoms with Crippen LogP contribution in [0.15, 0.2) is 0 Å². The first kappa shape index (κ1) is 13.2. The number of halogens is 1. The summed E-state index contributed by atoms with van der Waals surface area (Å²) in [6.07, 6.45) is 2.18. The number of unbranched alkanes of at least 4 members (excludes halogenated alkanes) is 1. The summed E-state index contributed by atoms with van der Waals surface area (Å²) >= 11 is 5.47. The topological polar surface area (TPSA) is 58.2 Å². The monoisotopic (exact) mass is 220 g/mol. The second kappa shape index (κ2) is 8.81. The fourth-order valence-electron chi connectivity index (χ4n) is 0.909. The smallest absolute Gasteiger partial charge is 0.220 e. The third kappa shape index (κ3) is 9.32. The van der Waals surface area contributed by atoms with E-state index in [1.165, 1.54) is 6.92 Å². The standard InChI is InChI=1S/C9H17ClN2O2/c1-8(13)11-6-7-12-9(14)4-2-3-5-10/h2-7H2,1H3,(H,11,13)(H,12,14). The number of alkyl halides is 1. The van der Waals surface area contributed by atoms with Gasteiger partial charge in [0.05, 0.1) is 0 Å². The summed E-state index contributed by atoms with van der Waals surface area (Å²) in [6.45, 7) is 2.41. The second-order valence-corrected chi connectivity index (χ2v) is 3.36. The first-order chi connectivity index (χ1) is 6.66. The molecule has 0 saturated carbocycles. The normalized spacial score (nSPS) is 9.57. The van der Waals surface area contributed by atoms with Crippen LogP contribution in [0.1, 0.15) is 26.2 Å². The van der Waals surface area contributed by atoms with Gasteiger partial charge in [0, 0.05) is 32.3 Å². The Labute approximate surface area is 89.4 Å². The third-order valence-corrected chi connectivity index (χ3v) is 1.88. The minimum Gasteiger partial charge on any atom is -0.355 e. The molecule has 82 valence electrons. The summed E-state index contributed by atoms with van der Waals surface area (Å²) in [5.74, 6) is 0.529. The molecule has 0 radical (unpaired) electrons. The van der Waals surface area contributed by atoms with E-state index in [0.717, 1.165) is 12.8 Å². The Morgan fingerprint density at radius 1 is 1.14 bits per heavy atom. The molecule has 0 atom stereocenters. The van der Waals surface area contributed by atoms with Crippen molar-refractivity contribution in [1.29, 1.82) is 0 Å². The maximum atomic E-state index is 11.1. The van der Waals surface area contributed by atoms with Crippen LogP contribution in [-0.4, -0.2) is 30.8 Å². The quantitative estimate of drug-likeness (QED) is 0.489. The van der Waals surface area contributed by atoms with Crippen LogP contribution in [0.2, 0.25) is 0 Å². The molecule has 0 aromatic heterocycles. The van der Waals surface area contributed by atoms with Gasteiger partial charge >= 0.3 is 0 Å². The van der Waals surface area contributed by atoms with Crippen molar-refractivity contribution in [3.63, 3.8) is 0 Å². The maximum absolute atomic E-state index is 11.1. The highest BCUT2D eigenvalue weighted by molar-refractivity contribution is 6.17. The van der Waals surface area contributed by atoms with Gasteiger partial charge in [-0.2, -0.15) is 0 Å². The summed E-state index contributed by atoms with van der Waals surface area (Å²) in [4.78, 5) is 21.6. The molecule has 0 aliphatic carbocycles. The number of nitrogens with one attached hydrogen (secondary N) is 2.